The average molecular weight is 370 g/mol. The molecule has 1 N–H and O–H groups in total. The number of hydrogen-bond donors (Lipinski definition) is 1. The van der Waals surface area contributed by atoms with Crippen molar-refractivity contribution < 1.29 is 9.21 Å². The van der Waals surface area contributed by atoms with Gasteiger partial charge in [0.2, 0.25) is 11.8 Å². The third-order valence-electron chi connectivity index (χ3n) is 3.89. The van der Waals surface area contributed by atoms with Gasteiger partial charge < -0.3 is 14.6 Å². The SMILES string of the molecule is CC1CN(C(=O)Cc2coc(-c3ccc(Cl)cc3)n2)CC(C)N1.Cl. The van der Waals surface area contributed by atoms with Gasteiger partial charge in [0.05, 0.1) is 12.1 Å². The van der Waals surface area contributed by atoms with Gasteiger partial charge in [0, 0.05) is 35.8 Å². The van der Waals surface area contributed by atoms with Gasteiger partial charge in [-0.3, -0.25) is 4.79 Å². The predicted octanol–water partition coefficient (Wildman–Crippen LogP) is 3.17. The fourth-order valence-corrected chi connectivity index (χ4v) is 3.04. The number of aromatic nitrogens is 1. The molecule has 7 heteroatoms. The van der Waals surface area contributed by atoms with Gasteiger partial charge in [-0.15, -0.1) is 12.4 Å². The van der Waals surface area contributed by atoms with Crippen LogP contribution in [-0.2, 0) is 11.2 Å². The molecule has 2 heterocycles. The first-order chi connectivity index (χ1) is 11.0. The molecule has 1 aliphatic heterocycles. The predicted molar refractivity (Wildman–Crippen MR) is 96.5 cm³/mol. The Morgan fingerprint density at radius 1 is 1.29 bits per heavy atom. The Labute approximate surface area is 152 Å². The first kappa shape index (κ1) is 18.8. The molecule has 0 radical (unpaired) electrons. The lowest BCUT2D eigenvalue weighted by Gasteiger charge is -2.36. The molecule has 1 aliphatic rings. The van der Waals surface area contributed by atoms with E-state index in [-0.39, 0.29) is 24.7 Å². The van der Waals surface area contributed by atoms with Crippen LogP contribution in [0.15, 0.2) is 34.9 Å². The van der Waals surface area contributed by atoms with Crippen molar-refractivity contribution in [2.24, 2.45) is 0 Å². The number of rotatable bonds is 3. The Hall–Kier alpha value is -1.56. The number of nitrogens with one attached hydrogen (secondary N) is 1. The van der Waals surface area contributed by atoms with Gasteiger partial charge in [-0.05, 0) is 38.1 Å². The quantitative estimate of drug-likeness (QED) is 0.902. The minimum absolute atomic E-state index is 0. The van der Waals surface area contributed by atoms with E-state index >= 15 is 0 Å². The Morgan fingerprint density at radius 3 is 2.54 bits per heavy atom. The molecule has 3 rings (SSSR count). The first-order valence-electron chi connectivity index (χ1n) is 7.75. The highest BCUT2D eigenvalue weighted by Gasteiger charge is 2.25. The van der Waals surface area contributed by atoms with Crippen molar-refractivity contribution in [1.29, 1.82) is 0 Å². The Balaban J connectivity index is 0.00000208. The average Bonchev–Trinajstić information content (AvgIpc) is 2.95. The number of carbonyl (C=O) groups excluding carboxylic acids is 1. The van der Waals surface area contributed by atoms with E-state index in [2.05, 4.69) is 24.1 Å². The highest BCUT2D eigenvalue weighted by molar-refractivity contribution is 6.30. The summed E-state index contributed by atoms with van der Waals surface area (Å²) in [7, 11) is 0. The normalized spacial score (nSPS) is 20.5. The van der Waals surface area contributed by atoms with E-state index < -0.39 is 0 Å². The largest absolute Gasteiger partial charge is 0.444 e. The summed E-state index contributed by atoms with van der Waals surface area (Å²) < 4.78 is 5.48. The molecule has 5 nitrogen and oxygen atoms in total. The van der Waals surface area contributed by atoms with Crippen molar-refractivity contribution in [3.63, 3.8) is 0 Å². The summed E-state index contributed by atoms with van der Waals surface area (Å²) >= 11 is 5.88. The van der Waals surface area contributed by atoms with Gasteiger partial charge in [0.25, 0.3) is 0 Å². The first-order valence-corrected chi connectivity index (χ1v) is 8.13. The van der Waals surface area contributed by atoms with Crippen LogP contribution in [0.4, 0.5) is 0 Å². The summed E-state index contributed by atoms with van der Waals surface area (Å²) in [5, 5.41) is 4.08. The zero-order valence-electron chi connectivity index (χ0n) is 13.7. The van der Waals surface area contributed by atoms with E-state index in [1.54, 1.807) is 18.4 Å². The molecule has 2 unspecified atom stereocenters. The molecule has 24 heavy (non-hydrogen) atoms. The lowest BCUT2D eigenvalue weighted by molar-refractivity contribution is -0.132. The Morgan fingerprint density at radius 2 is 1.92 bits per heavy atom. The number of piperazine rings is 1. The standard InChI is InChI=1S/C17H20ClN3O2.ClH/c1-11-8-21(9-12(2)19-11)16(22)7-15-10-23-17(20-15)13-3-5-14(18)6-4-13;/h3-6,10-12,19H,7-9H2,1-2H3;1H. The molecular weight excluding hydrogens is 349 g/mol. The Bertz CT molecular complexity index is 677. The van der Waals surface area contributed by atoms with Crippen molar-refractivity contribution in [2.45, 2.75) is 32.4 Å². The van der Waals surface area contributed by atoms with E-state index in [1.807, 2.05) is 17.0 Å². The molecule has 0 spiro atoms. The van der Waals surface area contributed by atoms with Crippen LogP contribution in [0.25, 0.3) is 11.5 Å². The zero-order chi connectivity index (χ0) is 16.4. The number of carbonyl (C=O) groups is 1. The second-order valence-corrected chi connectivity index (χ2v) is 6.53. The summed E-state index contributed by atoms with van der Waals surface area (Å²) in [4.78, 5) is 18.7. The van der Waals surface area contributed by atoms with Gasteiger partial charge in [-0.25, -0.2) is 4.98 Å². The molecular formula is C17H21Cl2N3O2. The molecule has 0 bridgehead atoms. The van der Waals surface area contributed by atoms with Crippen LogP contribution in [0.5, 0.6) is 0 Å². The molecule has 2 aromatic rings. The second kappa shape index (κ2) is 8.01. The third-order valence-corrected chi connectivity index (χ3v) is 4.14. The number of benzene rings is 1. The van der Waals surface area contributed by atoms with E-state index in [0.29, 0.717) is 28.7 Å². The van der Waals surface area contributed by atoms with Crippen molar-refractivity contribution in [3.05, 3.63) is 41.2 Å². The number of amides is 1. The molecule has 2 atom stereocenters. The maximum atomic E-state index is 12.4. The van der Waals surface area contributed by atoms with Gasteiger partial charge in [-0.2, -0.15) is 0 Å². The minimum atomic E-state index is 0. The maximum absolute atomic E-state index is 12.4. The van der Waals surface area contributed by atoms with Gasteiger partial charge in [0.15, 0.2) is 0 Å². The molecule has 1 fully saturated rings. The highest BCUT2D eigenvalue weighted by Crippen LogP contribution is 2.21. The van der Waals surface area contributed by atoms with E-state index in [1.165, 1.54) is 0 Å². The fraction of sp³-hybridized carbons (Fsp3) is 0.412. The van der Waals surface area contributed by atoms with Crippen LogP contribution < -0.4 is 5.32 Å². The van der Waals surface area contributed by atoms with E-state index in [0.717, 1.165) is 18.7 Å². The number of halogens is 2. The molecule has 130 valence electrons. The monoisotopic (exact) mass is 369 g/mol. The van der Waals surface area contributed by atoms with Gasteiger partial charge in [0.1, 0.15) is 6.26 Å². The molecule has 1 amide bonds. The maximum Gasteiger partial charge on any atom is 0.228 e. The van der Waals surface area contributed by atoms with Crippen LogP contribution >= 0.6 is 24.0 Å². The molecule has 1 aromatic heterocycles. The van der Waals surface area contributed by atoms with Crippen LogP contribution in [0.3, 0.4) is 0 Å². The van der Waals surface area contributed by atoms with Crippen molar-refractivity contribution in [3.8, 4) is 11.5 Å². The van der Waals surface area contributed by atoms with E-state index in [4.69, 9.17) is 16.0 Å². The van der Waals surface area contributed by atoms with E-state index in [9.17, 15) is 4.79 Å². The molecule has 0 saturated carbocycles. The van der Waals surface area contributed by atoms with Crippen molar-refractivity contribution >= 4 is 29.9 Å². The summed E-state index contributed by atoms with van der Waals surface area (Å²) in [5.41, 5.74) is 1.50. The van der Waals surface area contributed by atoms with Crippen molar-refractivity contribution in [2.75, 3.05) is 13.1 Å². The molecule has 1 aromatic carbocycles. The highest BCUT2D eigenvalue weighted by atomic mass is 35.5. The summed E-state index contributed by atoms with van der Waals surface area (Å²) in [5.74, 6) is 0.590. The minimum Gasteiger partial charge on any atom is -0.444 e. The fourth-order valence-electron chi connectivity index (χ4n) is 2.91. The van der Waals surface area contributed by atoms with Crippen molar-refractivity contribution in [1.82, 2.24) is 15.2 Å². The number of hydrogen-bond acceptors (Lipinski definition) is 4. The Kier molecular flexibility index (Phi) is 6.27. The van der Waals surface area contributed by atoms with Crippen LogP contribution in [0, 0.1) is 0 Å². The topological polar surface area (TPSA) is 58.4 Å². The van der Waals surface area contributed by atoms with Gasteiger partial charge >= 0.3 is 0 Å². The van der Waals surface area contributed by atoms with Crippen LogP contribution in [-0.4, -0.2) is 41.0 Å². The number of nitrogens with zero attached hydrogens (tertiary/aromatic N) is 2. The lowest BCUT2D eigenvalue weighted by atomic mass is 10.1. The molecule has 0 aliphatic carbocycles. The third kappa shape index (κ3) is 4.50. The zero-order valence-corrected chi connectivity index (χ0v) is 15.2. The summed E-state index contributed by atoms with van der Waals surface area (Å²) in [6, 6.07) is 7.89. The lowest BCUT2D eigenvalue weighted by Crippen LogP contribution is -2.56. The summed E-state index contributed by atoms with van der Waals surface area (Å²) in [6.45, 7) is 5.63. The molecule has 1 saturated heterocycles. The van der Waals surface area contributed by atoms with Crippen LogP contribution in [0.2, 0.25) is 5.02 Å². The smallest absolute Gasteiger partial charge is 0.228 e. The van der Waals surface area contributed by atoms with Gasteiger partial charge in [-0.1, -0.05) is 11.6 Å². The second-order valence-electron chi connectivity index (χ2n) is 6.10. The summed E-state index contributed by atoms with van der Waals surface area (Å²) in [6.07, 6.45) is 1.81. The van der Waals surface area contributed by atoms with Crippen LogP contribution in [0.1, 0.15) is 19.5 Å². The number of oxazole rings is 1.